The Bertz CT molecular complexity index is 743. The number of hydrogen-bond donors (Lipinski definition) is 2. The molecule has 1 aromatic rings. The van der Waals surface area contributed by atoms with Gasteiger partial charge in [-0.05, 0) is 62.8 Å². The van der Waals surface area contributed by atoms with Crippen molar-refractivity contribution in [2.24, 2.45) is 11.8 Å². The van der Waals surface area contributed by atoms with E-state index in [-0.39, 0.29) is 23.7 Å². The Hall–Kier alpha value is -2.02. The molecule has 1 heterocycles. The number of aliphatic carboxylic acids is 1. The van der Waals surface area contributed by atoms with Crippen molar-refractivity contribution >= 4 is 35.2 Å². The highest BCUT2D eigenvalue weighted by atomic mass is 32.2. The number of carboxylic acid groups (broad SMARTS) is 1. The van der Waals surface area contributed by atoms with Gasteiger partial charge in [0, 0.05) is 17.4 Å². The topological polar surface area (TPSA) is 86.7 Å². The van der Waals surface area contributed by atoms with E-state index in [2.05, 4.69) is 5.32 Å². The molecule has 27 heavy (non-hydrogen) atoms. The minimum Gasteiger partial charge on any atom is -0.481 e. The number of benzene rings is 1. The van der Waals surface area contributed by atoms with Crippen LogP contribution in [0.15, 0.2) is 18.2 Å². The standard InChI is InChI=1S/C20H26N2O4S/c1-12-3-8-16(9-13(12)2)21-18(23)17-10-27-11-22(17)19(24)14-4-6-15(7-5-14)20(25)26/h3,8-9,14-15,17H,4-7,10-11H2,1-2H3,(H,21,23)(H,25,26). The average Bonchev–Trinajstić information content (AvgIpc) is 3.14. The van der Waals surface area contributed by atoms with E-state index in [1.807, 2.05) is 32.0 Å². The van der Waals surface area contributed by atoms with Crippen LogP contribution in [0, 0.1) is 25.7 Å². The molecule has 6 nitrogen and oxygen atoms in total. The van der Waals surface area contributed by atoms with Gasteiger partial charge in [0.1, 0.15) is 6.04 Å². The zero-order valence-corrected chi connectivity index (χ0v) is 16.6. The lowest BCUT2D eigenvalue weighted by atomic mass is 9.81. The summed E-state index contributed by atoms with van der Waals surface area (Å²) >= 11 is 1.58. The van der Waals surface area contributed by atoms with Crippen LogP contribution in [0.3, 0.4) is 0 Å². The Balaban J connectivity index is 1.62. The molecule has 1 atom stereocenters. The summed E-state index contributed by atoms with van der Waals surface area (Å²) in [5.74, 6) is -0.347. The number of nitrogens with zero attached hydrogens (tertiary/aromatic N) is 1. The van der Waals surface area contributed by atoms with Gasteiger partial charge in [-0.1, -0.05) is 6.07 Å². The summed E-state index contributed by atoms with van der Waals surface area (Å²) in [6.07, 6.45) is 2.24. The summed E-state index contributed by atoms with van der Waals surface area (Å²) < 4.78 is 0. The third kappa shape index (κ3) is 4.46. The van der Waals surface area contributed by atoms with Crippen LogP contribution in [0.5, 0.6) is 0 Å². The number of nitrogens with one attached hydrogen (secondary N) is 1. The van der Waals surface area contributed by atoms with Crippen molar-refractivity contribution in [3.63, 3.8) is 0 Å². The van der Waals surface area contributed by atoms with E-state index in [1.54, 1.807) is 16.7 Å². The van der Waals surface area contributed by atoms with E-state index in [9.17, 15) is 14.4 Å². The summed E-state index contributed by atoms with van der Waals surface area (Å²) in [6.45, 7) is 4.02. The zero-order valence-electron chi connectivity index (χ0n) is 15.7. The van der Waals surface area contributed by atoms with Gasteiger partial charge in [-0.25, -0.2) is 0 Å². The molecule has 146 valence electrons. The molecule has 3 rings (SSSR count). The van der Waals surface area contributed by atoms with Gasteiger partial charge in [-0.15, -0.1) is 11.8 Å². The number of aryl methyl sites for hydroxylation is 2. The van der Waals surface area contributed by atoms with Crippen LogP contribution in [0.2, 0.25) is 0 Å². The number of carboxylic acids is 1. The van der Waals surface area contributed by atoms with Gasteiger partial charge < -0.3 is 15.3 Å². The van der Waals surface area contributed by atoms with Crippen molar-refractivity contribution in [2.45, 2.75) is 45.6 Å². The SMILES string of the molecule is Cc1ccc(NC(=O)C2CSCN2C(=O)C2CCC(C(=O)O)CC2)cc1C. The van der Waals surface area contributed by atoms with Crippen molar-refractivity contribution in [1.82, 2.24) is 4.90 Å². The fraction of sp³-hybridized carbons (Fsp3) is 0.550. The summed E-state index contributed by atoms with van der Waals surface area (Å²) in [5, 5.41) is 12.1. The average molecular weight is 391 g/mol. The van der Waals surface area contributed by atoms with E-state index < -0.39 is 12.0 Å². The number of carbonyl (C=O) groups excluding carboxylic acids is 2. The molecular formula is C20H26N2O4S. The Kier molecular flexibility index (Phi) is 6.09. The first-order valence-electron chi connectivity index (χ1n) is 9.36. The maximum absolute atomic E-state index is 12.9. The maximum atomic E-state index is 12.9. The van der Waals surface area contributed by atoms with Gasteiger partial charge in [-0.2, -0.15) is 0 Å². The predicted octanol–water partition coefficient (Wildman–Crippen LogP) is 3.03. The molecule has 0 bridgehead atoms. The summed E-state index contributed by atoms with van der Waals surface area (Å²) in [7, 11) is 0. The van der Waals surface area contributed by atoms with Gasteiger partial charge in [0.25, 0.3) is 0 Å². The molecule has 1 aliphatic heterocycles. The van der Waals surface area contributed by atoms with E-state index in [0.717, 1.165) is 16.8 Å². The molecule has 0 aromatic heterocycles. The first kappa shape index (κ1) is 19.7. The van der Waals surface area contributed by atoms with Crippen molar-refractivity contribution in [2.75, 3.05) is 16.9 Å². The van der Waals surface area contributed by atoms with Crippen molar-refractivity contribution < 1.29 is 19.5 Å². The fourth-order valence-electron chi connectivity index (χ4n) is 3.74. The number of anilines is 1. The van der Waals surface area contributed by atoms with Crippen LogP contribution >= 0.6 is 11.8 Å². The number of hydrogen-bond acceptors (Lipinski definition) is 4. The molecule has 2 amide bonds. The van der Waals surface area contributed by atoms with Gasteiger partial charge >= 0.3 is 5.97 Å². The molecule has 1 aromatic carbocycles. The first-order valence-corrected chi connectivity index (χ1v) is 10.5. The molecule has 0 radical (unpaired) electrons. The Labute approximate surface area is 163 Å². The third-order valence-corrected chi connectivity index (χ3v) is 6.68. The van der Waals surface area contributed by atoms with Gasteiger partial charge in [0.05, 0.1) is 11.8 Å². The highest BCUT2D eigenvalue weighted by Crippen LogP contribution is 2.33. The Morgan fingerprint density at radius 1 is 1.07 bits per heavy atom. The highest BCUT2D eigenvalue weighted by Gasteiger charge is 2.39. The maximum Gasteiger partial charge on any atom is 0.306 e. The van der Waals surface area contributed by atoms with Crippen LogP contribution in [0.4, 0.5) is 5.69 Å². The van der Waals surface area contributed by atoms with Crippen LogP contribution < -0.4 is 5.32 Å². The van der Waals surface area contributed by atoms with Crippen molar-refractivity contribution in [1.29, 1.82) is 0 Å². The second kappa shape index (κ2) is 8.33. The number of amides is 2. The number of thioether (sulfide) groups is 1. The monoisotopic (exact) mass is 390 g/mol. The number of rotatable bonds is 4. The summed E-state index contributed by atoms with van der Waals surface area (Å²) in [5.41, 5.74) is 3.02. The second-order valence-corrected chi connectivity index (χ2v) is 8.50. The lowest BCUT2D eigenvalue weighted by Gasteiger charge is -2.31. The molecule has 7 heteroatoms. The van der Waals surface area contributed by atoms with E-state index in [4.69, 9.17) is 5.11 Å². The Morgan fingerprint density at radius 3 is 2.37 bits per heavy atom. The minimum atomic E-state index is -0.775. The van der Waals surface area contributed by atoms with Crippen molar-refractivity contribution in [3.05, 3.63) is 29.3 Å². The molecule has 2 fully saturated rings. The minimum absolute atomic E-state index is 0.0101. The third-order valence-electron chi connectivity index (χ3n) is 5.67. The number of carbonyl (C=O) groups is 3. The highest BCUT2D eigenvalue weighted by molar-refractivity contribution is 7.99. The predicted molar refractivity (Wildman–Crippen MR) is 106 cm³/mol. The zero-order chi connectivity index (χ0) is 19.6. The van der Waals surface area contributed by atoms with Gasteiger partial charge in [-0.3, -0.25) is 14.4 Å². The molecule has 1 saturated carbocycles. The first-order chi connectivity index (χ1) is 12.9. The Morgan fingerprint density at radius 2 is 1.74 bits per heavy atom. The molecule has 1 aliphatic carbocycles. The van der Waals surface area contributed by atoms with E-state index in [0.29, 0.717) is 37.3 Å². The molecule has 0 spiro atoms. The quantitative estimate of drug-likeness (QED) is 0.825. The van der Waals surface area contributed by atoms with Gasteiger partial charge in [0.2, 0.25) is 11.8 Å². The van der Waals surface area contributed by atoms with E-state index in [1.165, 1.54) is 0 Å². The van der Waals surface area contributed by atoms with Crippen molar-refractivity contribution in [3.8, 4) is 0 Å². The largest absolute Gasteiger partial charge is 0.481 e. The lowest BCUT2D eigenvalue weighted by molar-refractivity contribution is -0.146. The normalized spacial score (nSPS) is 25.3. The smallest absolute Gasteiger partial charge is 0.306 e. The van der Waals surface area contributed by atoms with E-state index >= 15 is 0 Å². The second-order valence-electron chi connectivity index (χ2n) is 7.50. The summed E-state index contributed by atoms with van der Waals surface area (Å²) in [4.78, 5) is 38.5. The van der Waals surface area contributed by atoms with Crippen LogP contribution in [0.25, 0.3) is 0 Å². The summed E-state index contributed by atoms with van der Waals surface area (Å²) in [6, 6.07) is 5.32. The molecule has 2 aliphatic rings. The van der Waals surface area contributed by atoms with Crippen LogP contribution in [-0.4, -0.2) is 45.5 Å². The van der Waals surface area contributed by atoms with Crippen LogP contribution in [0.1, 0.15) is 36.8 Å². The molecule has 2 N–H and O–H groups in total. The van der Waals surface area contributed by atoms with Crippen LogP contribution in [-0.2, 0) is 14.4 Å². The molecular weight excluding hydrogens is 364 g/mol. The molecule has 1 saturated heterocycles. The lowest BCUT2D eigenvalue weighted by Crippen LogP contribution is -2.47. The van der Waals surface area contributed by atoms with Gasteiger partial charge in [0.15, 0.2) is 0 Å². The fourth-order valence-corrected chi connectivity index (χ4v) is 4.91. The molecule has 1 unspecified atom stereocenters.